The highest BCUT2D eigenvalue weighted by atomic mass is 16.6. The minimum absolute atomic E-state index is 0.110. The van der Waals surface area contributed by atoms with E-state index < -0.39 is 17.5 Å². The third-order valence-corrected chi connectivity index (χ3v) is 1.82. The van der Waals surface area contributed by atoms with Crippen LogP contribution in [0, 0.1) is 11.8 Å². The molecular formula is C11H17NO4. The lowest BCUT2D eigenvalue weighted by Crippen LogP contribution is -2.56. The Morgan fingerprint density at radius 1 is 1.19 bits per heavy atom. The van der Waals surface area contributed by atoms with Gasteiger partial charge in [-0.05, 0) is 20.8 Å². The van der Waals surface area contributed by atoms with Gasteiger partial charge in [-0.15, -0.1) is 11.8 Å². The van der Waals surface area contributed by atoms with E-state index in [-0.39, 0.29) is 19.6 Å². The zero-order valence-electron chi connectivity index (χ0n) is 9.83. The Labute approximate surface area is 95.3 Å². The lowest BCUT2D eigenvalue weighted by molar-refractivity contribution is -0.163. The highest BCUT2D eigenvalue weighted by Gasteiger charge is 2.44. The van der Waals surface area contributed by atoms with E-state index in [4.69, 9.17) is 15.2 Å². The number of carbonyl (C=O) groups excluding carboxylic acids is 2. The molecule has 0 saturated carbocycles. The first-order valence-corrected chi connectivity index (χ1v) is 5.05. The van der Waals surface area contributed by atoms with Crippen LogP contribution in [0.15, 0.2) is 0 Å². The second-order valence-corrected chi connectivity index (χ2v) is 3.02. The van der Waals surface area contributed by atoms with Gasteiger partial charge < -0.3 is 15.2 Å². The van der Waals surface area contributed by atoms with Crippen molar-refractivity contribution in [2.75, 3.05) is 13.2 Å². The summed E-state index contributed by atoms with van der Waals surface area (Å²) in [5.74, 6) is 3.54. The number of hydrogen-bond donors (Lipinski definition) is 1. The SMILES string of the molecule is CC#CCC(N)(C(=O)OCC)C(=O)OCC. The predicted octanol–water partition coefficient (Wildman–Crippen LogP) is 0.223. The molecule has 0 rings (SSSR count). The van der Waals surface area contributed by atoms with Crippen LogP contribution in [0.2, 0.25) is 0 Å². The van der Waals surface area contributed by atoms with E-state index in [0.717, 1.165) is 0 Å². The first-order chi connectivity index (χ1) is 7.52. The third kappa shape index (κ3) is 3.55. The van der Waals surface area contributed by atoms with E-state index in [1.165, 1.54) is 0 Å². The topological polar surface area (TPSA) is 78.6 Å². The van der Waals surface area contributed by atoms with Crippen molar-refractivity contribution < 1.29 is 19.1 Å². The molecule has 0 aliphatic heterocycles. The molecule has 0 aromatic rings. The fraction of sp³-hybridized carbons (Fsp3) is 0.636. The van der Waals surface area contributed by atoms with Crippen LogP contribution in [-0.2, 0) is 19.1 Å². The molecule has 0 heterocycles. The van der Waals surface area contributed by atoms with Gasteiger partial charge in [-0.1, -0.05) is 0 Å². The maximum atomic E-state index is 11.6. The molecule has 0 aliphatic carbocycles. The lowest BCUT2D eigenvalue weighted by atomic mass is 9.97. The summed E-state index contributed by atoms with van der Waals surface area (Å²) < 4.78 is 9.48. The number of carbonyl (C=O) groups is 2. The molecule has 0 aromatic carbocycles. The largest absolute Gasteiger partial charge is 0.464 e. The Balaban J connectivity index is 4.90. The summed E-state index contributed by atoms with van der Waals surface area (Å²) in [7, 11) is 0. The van der Waals surface area contributed by atoms with Crippen molar-refractivity contribution in [3.05, 3.63) is 0 Å². The van der Waals surface area contributed by atoms with Crippen LogP contribution in [0.25, 0.3) is 0 Å². The average Bonchev–Trinajstić information content (AvgIpc) is 2.26. The molecule has 90 valence electrons. The molecule has 0 spiro atoms. The highest BCUT2D eigenvalue weighted by molar-refractivity contribution is 6.05. The van der Waals surface area contributed by atoms with Gasteiger partial charge >= 0.3 is 11.9 Å². The van der Waals surface area contributed by atoms with Crippen LogP contribution in [0.3, 0.4) is 0 Å². The fourth-order valence-corrected chi connectivity index (χ4v) is 0.975. The molecular weight excluding hydrogens is 210 g/mol. The second kappa shape index (κ2) is 6.85. The van der Waals surface area contributed by atoms with Gasteiger partial charge in [-0.2, -0.15) is 0 Å². The molecule has 0 saturated heterocycles. The molecule has 16 heavy (non-hydrogen) atoms. The van der Waals surface area contributed by atoms with Gasteiger partial charge in [0.15, 0.2) is 0 Å². The van der Waals surface area contributed by atoms with Crippen molar-refractivity contribution >= 4 is 11.9 Å². The quantitative estimate of drug-likeness (QED) is 0.413. The molecule has 5 nitrogen and oxygen atoms in total. The number of nitrogens with two attached hydrogens (primary N) is 1. The summed E-state index contributed by atoms with van der Waals surface area (Å²) in [6, 6.07) is 0. The zero-order valence-corrected chi connectivity index (χ0v) is 9.83. The van der Waals surface area contributed by atoms with Crippen LogP contribution < -0.4 is 5.73 Å². The Morgan fingerprint density at radius 2 is 1.62 bits per heavy atom. The van der Waals surface area contributed by atoms with Gasteiger partial charge in [0, 0.05) is 6.42 Å². The van der Waals surface area contributed by atoms with E-state index in [2.05, 4.69) is 11.8 Å². The summed E-state index contributed by atoms with van der Waals surface area (Å²) in [5.41, 5.74) is 3.87. The number of ether oxygens (including phenoxy) is 2. The molecule has 0 amide bonds. The minimum Gasteiger partial charge on any atom is -0.464 e. The summed E-state index contributed by atoms with van der Waals surface area (Å²) in [6.45, 7) is 5.16. The lowest BCUT2D eigenvalue weighted by Gasteiger charge is -2.22. The van der Waals surface area contributed by atoms with E-state index in [9.17, 15) is 9.59 Å². The van der Waals surface area contributed by atoms with Crippen molar-refractivity contribution in [1.82, 2.24) is 0 Å². The molecule has 0 radical (unpaired) electrons. The minimum atomic E-state index is -1.82. The molecule has 0 fully saturated rings. The first-order valence-electron chi connectivity index (χ1n) is 5.05. The third-order valence-electron chi connectivity index (χ3n) is 1.82. The molecule has 5 heteroatoms. The number of rotatable bonds is 5. The van der Waals surface area contributed by atoms with Crippen LogP contribution >= 0.6 is 0 Å². The van der Waals surface area contributed by atoms with Crippen molar-refractivity contribution in [3.63, 3.8) is 0 Å². The monoisotopic (exact) mass is 227 g/mol. The molecule has 0 bridgehead atoms. The standard InChI is InChI=1S/C11H17NO4/c1-4-7-8-11(12,9(13)15-5-2)10(14)16-6-3/h5-6,8,12H2,1-3H3. The molecule has 0 atom stereocenters. The van der Waals surface area contributed by atoms with E-state index in [1.54, 1.807) is 20.8 Å². The summed E-state index contributed by atoms with van der Waals surface area (Å²) in [4.78, 5) is 23.1. The number of esters is 2. The first kappa shape index (κ1) is 14.5. The van der Waals surface area contributed by atoms with Gasteiger partial charge in [0.25, 0.3) is 0 Å². The summed E-state index contributed by atoms with van der Waals surface area (Å²) in [5, 5.41) is 0. The summed E-state index contributed by atoms with van der Waals surface area (Å²) in [6.07, 6.45) is -0.110. The number of hydrogen-bond acceptors (Lipinski definition) is 5. The van der Waals surface area contributed by atoms with E-state index in [0.29, 0.717) is 0 Å². The molecule has 0 unspecified atom stereocenters. The Kier molecular flexibility index (Phi) is 6.19. The van der Waals surface area contributed by atoms with Crippen LogP contribution in [-0.4, -0.2) is 30.7 Å². The van der Waals surface area contributed by atoms with Crippen molar-refractivity contribution in [2.45, 2.75) is 32.7 Å². The Bertz CT molecular complexity index is 296. The van der Waals surface area contributed by atoms with Crippen LogP contribution in [0.1, 0.15) is 27.2 Å². The molecule has 0 aromatic heterocycles. The van der Waals surface area contributed by atoms with Gasteiger partial charge in [0.05, 0.1) is 13.2 Å². The van der Waals surface area contributed by atoms with Crippen LogP contribution in [0.5, 0.6) is 0 Å². The van der Waals surface area contributed by atoms with Crippen molar-refractivity contribution in [2.24, 2.45) is 5.73 Å². The maximum Gasteiger partial charge on any atom is 0.338 e. The molecule has 2 N–H and O–H groups in total. The predicted molar refractivity (Wildman–Crippen MR) is 58.3 cm³/mol. The fourth-order valence-electron chi connectivity index (χ4n) is 0.975. The Hall–Kier alpha value is -1.54. The van der Waals surface area contributed by atoms with Crippen LogP contribution in [0.4, 0.5) is 0 Å². The van der Waals surface area contributed by atoms with Gasteiger partial charge in [-0.25, -0.2) is 9.59 Å². The zero-order chi connectivity index (χ0) is 12.6. The van der Waals surface area contributed by atoms with E-state index >= 15 is 0 Å². The van der Waals surface area contributed by atoms with Crippen molar-refractivity contribution in [1.29, 1.82) is 0 Å². The average molecular weight is 227 g/mol. The second-order valence-electron chi connectivity index (χ2n) is 3.02. The Morgan fingerprint density at radius 3 is 1.94 bits per heavy atom. The normalized spacial score (nSPS) is 10.0. The highest BCUT2D eigenvalue weighted by Crippen LogP contribution is 2.11. The van der Waals surface area contributed by atoms with Gasteiger partial charge in [0.2, 0.25) is 5.54 Å². The van der Waals surface area contributed by atoms with Crippen molar-refractivity contribution in [3.8, 4) is 11.8 Å². The van der Waals surface area contributed by atoms with Gasteiger partial charge in [-0.3, -0.25) is 0 Å². The van der Waals surface area contributed by atoms with E-state index in [1.807, 2.05) is 0 Å². The van der Waals surface area contributed by atoms with Gasteiger partial charge in [0.1, 0.15) is 0 Å². The maximum absolute atomic E-state index is 11.6. The summed E-state index contributed by atoms with van der Waals surface area (Å²) >= 11 is 0. The molecule has 0 aliphatic rings. The smallest absolute Gasteiger partial charge is 0.338 e.